The van der Waals surface area contributed by atoms with Gasteiger partial charge in [-0.2, -0.15) is 0 Å². The zero-order valence-corrected chi connectivity index (χ0v) is 10.7. The first-order valence-electron chi connectivity index (χ1n) is 6.43. The molecule has 0 aliphatic carbocycles. The van der Waals surface area contributed by atoms with E-state index >= 15 is 0 Å². The summed E-state index contributed by atoms with van der Waals surface area (Å²) in [7, 11) is 1.66. The van der Waals surface area contributed by atoms with E-state index in [9.17, 15) is 0 Å². The molecule has 2 rings (SSSR count). The molecule has 1 saturated heterocycles. The lowest BCUT2D eigenvalue weighted by Gasteiger charge is -2.32. The highest BCUT2D eigenvalue weighted by atomic mass is 16.5. The van der Waals surface area contributed by atoms with Crippen molar-refractivity contribution >= 4 is 0 Å². The molecule has 4 heteroatoms. The number of nitrogens with zero attached hydrogens (tertiary/aromatic N) is 2. The van der Waals surface area contributed by atoms with Crippen molar-refractivity contribution in [3.8, 4) is 5.88 Å². The van der Waals surface area contributed by atoms with Gasteiger partial charge in [-0.25, -0.2) is 4.98 Å². The summed E-state index contributed by atoms with van der Waals surface area (Å²) in [6.07, 6.45) is 9.33. The Morgan fingerprint density at radius 2 is 2.12 bits per heavy atom. The normalized spacial score (nSPS) is 25.3. The van der Waals surface area contributed by atoms with E-state index in [0.29, 0.717) is 5.88 Å². The lowest BCUT2D eigenvalue weighted by atomic mass is 9.87. The van der Waals surface area contributed by atoms with Gasteiger partial charge in [-0.05, 0) is 25.8 Å². The van der Waals surface area contributed by atoms with Gasteiger partial charge in [0.2, 0.25) is 5.88 Å². The van der Waals surface area contributed by atoms with Crippen LogP contribution in [0.2, 0.25) is 0 Å². The summed E-state index contributed by atoms with van der Waals surface area (Å²) in [5.41, 5.74) is 0.905. The Labute approximate surface area is 103 Å². The maximum absolute atomic E-state index is 5.35. The van der Waals surface area contributed by atoms with Gasteiger partial charge in [0.15, 0.2) is 0 Å². The minimum absolute atomic E-state index is 0.0594. The molecule has 1 N–H and O–H groups in total. The molecule has 0 aromatic carbocycles. The average Bonchev–Trinajstić information content (AvgIpc) is 2.65. The van der Waals surface area contributed by atoms with Crippen molar-refractivity contribution < 1.29 is 4.74 Å². The SMILES string of the molecule is CCC1(c2nccnc2OC)CCCCCN1. The van der Waals surface area contributed by atoms with Crippen molar-refractivity contribution in [1.82, 2.24) is 15.3 Å². The second-order valence-electron chi connectivity index (χ2n) is 4.59. The number of nitrogens with one attached hydrogen (secondary N) is 1. The number of rotatable bonds is 3. The molecular formula is C13H21N3O. The molecule has 94 valence electrons. The van der Waals surface area contributed by atoms with Gasteiger partial charge < -0.3 is 10.1 Å². The second-order valence-corrected chi connectivity index (χ2v) is 4.59. The summed E-state index contributed by atoms with van der Waals surface area (Å²) in [5.74, 6) is 0.656. The minimum Gasteiger partial charge on any atom is -0.480 e. The van der Waals surface area contributed by atoms with Crippen LogP contribution in [-0.2, 0) is 5.54 Å². The van der Waals surface area contributed by atoms with Crippen LogP contribution in [0.1, 0.15) is 44.7 Å². The molecule has 1 aliphatic rings. The van der Waals surface area contributed by atoms with E-state index in [1.165, 1.54) is 19.3 Å². The summed E-state index contributed by atoms with van der Waals surface area (Å²) in [6.45, 7) is 3.25. The first-order valence-corrected chi connectivity index (χ1v) is 6.43. The van der Waals surface area contributed by atoms with Gasteiger partial charge in [0.25, 0.3) is 0 Å². The summed E-state index contributed by atoms with van der Waals surface area (Å²) >= 11 is 0. The number of hydrogen-bond acceptors (Lipinski definition) is 4. The van der Waals surface area contributed by atoms with Crippen LogP contribution < -0.4 is 10.1 Å². The standard InChI is InChI=1S/C13H21N3O/c1-3-13(7-5-4-6-8-16-13)11-12(17-2)15-10-9-14-11/h9-10,16H,3-8H2,1-2H3. The van der Waals surface area contributed by atoms with Crippen LogP contribution in [0, 0.1) is 0 Å². The second kappa shape index (κ2) is 5.45. The Bertz CT molecular complexity index is 359. The number of hydrogen-bond donors (Lipinski definition) is 1. The van der Waals surface area contributed by atoms with Crippen LogP contribution in [-0.4, -0.2) is 23.6 Å². The predicted molar refractivity (Wildman–Crippen MR) is 67.0 cm³/mol. The van der Waals surface area contributed by atoms with E-state index in [1.807, 2.05) is 0 Å². The molecule has 1 aromatic rings. The molecule has 0 saturated carbocycles. The fourth-order valence-electron chi connectivity index (χ4n) is 2.62. The molecule has 0 radical (unpaired) electrons. The number of methoxy groups -OCH3 is 1. The van der Waals surface area contributed by atoms with E-state index in [4.69, 9.17) is 4.74 Å². The van der Waals surface area contributed by atoms with Crippen molar-refractivity contribution in [2.24, 2.45) is 0 Å². The van der Waals surface area contributed by atoms with Crippen LogP contribution in [0.15, 0.2) is 12.4 Å². The van der Waals surface area contributed by atoms with Crippen molar-refractivity contribution in [1.29, 1.82) is 0 Å². The zero-order chi connectivity index (χ0) is 12.1. The quantitative estimate of drug-likeness (QED) is 0.873. The molecule has 17 heavy (non-hydrogen) atoms. The molecule has 4 nitrogen and oxygen atoms in total. The Balaban J connectivity index is 2.38. The Morgan fingerprint density at radius 3 is 2.88 bits per heavy atom. The summed E-state index contributed by atoms with van der Waals surface area (Å²) in [4.78, 5) is 8.78. The lowest BCUT2D eigenvalue weighted by Crippen LogP contribution is -2.42. The van der Waals surface area contributed by atoms with Crippen molar-refractivity contribution in [3.05, 3.63) is 18.1 Å². The minimum atomic E-state index is -0.0594. The monoisotopic (exact) mass is 235 g/mol. The first kappa shape index (κ1) is 12.3. The van der Waals surface area contributed by atoms with Crippen LogP contribution >= 0.6 is 0 Å². The van der Waals surface area contributed by atoms with Crippen LogP contribution in [0.4, 0.5) is 0 Å². The third-order valence-electron chi connectivity index (χ3n) is 3.66. The molecular weight excluding hydrogens is 214 g/mol. The largest absolute Gasteiger partial charge is 0.480 e. The third-order valence-corrected chi connectivity index (χ3v) is 3.66. The Hall–Kier alpha value is -1.16. The molecule has 0 spiro atoms. The van der Waals surface area contributed by atoms with Gasteiger partial charge in [-0.1, -0.05) is 19.8 Å². The highest BCUT2D eigenvalue weighted by molar-refractivity contribution is 5.26. The van der Waals surface area contributed by atoms with E-state index in [0.717, 1.165) is 25.1 Å². The molecule has 1 unspecified atom stereocenters. The van der Waals surface area contributed by atoms with E-state index in [1.54, 1.807) is 19.5 Å². The fourth-order valence-corrected chi connectivity index (χ4v) is 2.62. The van der Waals surface area contributed by atoms with Gasteiger partial charge in [0, 0.05) is 12.4 Å². The lowest BCUT2D eigenvalue weighted by molar-refractivity contribution is 0.281. The fraction of sp³-hybridized carbons (Fsp3) is 0.692. The smallest absolute Gasteiger partial charge is 0.237 e. The molecule has 0 bridgehead atoms. The molecule has 1 fully saturated rings. The summed E-state index contributed by atoms with van der Waals surface area (Å²) in [6, 6.07) is 0. The third kappa shape index (κ3) is 2.41. The van der Waals surface area contributed by atoms with Crippen molar-refractivity contribution in [2.75, 3.05) is 13.7 Å². The highest BCUT2D eigenvalue weighted by Gasteiger charge is 2.35. The Kier molecular flexibility index (Phi) is 3.94. The summed E-state index contributed by atoms with van der Waals surface area (Å²) in [5, 5.41) is 3.65. The average molecular weight is 235 g/mol. The van der Waals surface area contributed by atoms with Crippen molar-refractivity contribution in [2.45, 2.75) is 44.6 Å². The first-order chi connectivity index (χ1) is 8.32. The number of ether oxygens (including phenoxy) is 1. The highest BCUT2D eigenvalue weighted by Crippen LogP contribution is 2.35. The van der Waals surface area contributed by atoms with E-state index in [-0.39, 0.29) is 5.54 Å². The molecule has 0 amide bonds. The van der Waals surface area contributed by atoms with Gasteiger partial charge in [-0.15, -0.1) is 0 Å². The summed E-state index contributed by atoms with van der Waals surface area (Å²) < 4.78 is 5.35. The topological polar surface area (TPSA) is 47.0 Å². The van der Waals surface area contributed by atoms with Crippen LogP contribution in [0.5, 0.6) is 5.88 Å². The molecule has 1 aliphatic heterocycles. The maximum Gasteiger partial charge on any atom is 0.237 e. The van der Waals surface area contributed by atoms with E-state index < -0.39 is 0 Å². The predicted octanol–water partition coefficient (Wildman–Crippen LogP) is 2.25. The van der Waals surface area contributed by atoms with Gasteiger partial charge in [0.1, 0.15) is 5.69 Å². The van der Waals surface area contributed by atoms with Gasteiger partial charge in [-0.3, -0.25) is 4.98 Å². The zero-order valence-electron chi connectivity index (χ0n) is 10.7. The van der Waals surface area contributed by atoms with Gasteiger partial charge >= 0.3 is 0 Å². The van der Waals surface area contributed by atoms with Gasteiger partial charge in [0.05, 0.1) is 12.6 Å². The number of aromatic nitrogens is 2. The molecule has 2 heterocycles. The van der Waals surface area contributed by atoms with E-state index in [2.05, 4.69) is 22.2 Å². The van der Waals surface area contributed by atoms with Crippen LogP contribution in [0.3, 0.4) is 0 Å². The van der Waals surface area contributed by atoms with Crippen molar-refractivity contribution in [3.63, 3.8) is 0 Å². The molecule has 1 aromatic heterocycles. The maximum atomic E-state index is 5.35. The Morgan fingerprint density at radius 1 is 1.29 bits per heavy atom. The molecule has 1 atom stereocenters. The van der Waals surface area contributed by atoms with Crippen LogP contribution in [0.25, 0.3) is 0 Å².